The Labute approximate surface area is 574 Å². The van der Waals surface area contributed by atoms with Crippen molar-refractivity contribution in [2.24, 2.45) is 0 Å². The zero-order chi connectivity index (χ0) is 68.4. The van der Waals surface area contributed by atoms with E-state index in [0.717, 1.165) is 69.4 Å². The molecule has 1 amide bonds. The number of fused-ring (bicyclic) bond motifs is 1. The van der Waals surface area contributed by atoms with Crippen LogP contribution in [0, 0.1) is 26.8 Å². The molecule has 3 fully saturated rings. The molecule has 1 aliphatic heterocycles. The fraction of sp³-hybridized carbons (Fsp3) is 0.513. The van der Waals surface area contributed by atoms with E-state index in [9.17, 15) is 22.8 Å². The molecular formula is C76H103ClF3N7O5PPd+. The molecule has 0 bridgehead atoms. The molecule has 12 nitrogen and oxygen atoms in total. The fourth-order valence-corrected chi connectivity index (χ4v) is 18.7. The molecule has 0 radical (unpaired) electrons. The Bertz CT molecular complexity index is 3550. The third-order valence-corrected chi connectivity index (χ3v) is 23.1. The molecule has 514 valence electrons. The minimum atomic E-state index is -4.24. The van der Waals surface area contributed by atoms with Crippen LogP contribution in [0.5, 0.6) is 17.2 Å². The first-order valence-electron chi connectivity index (χ1n) is 33.8. The predicted octanol–water partition coefficient (Wildman–Crippen LogP) is 17.0. The van der Waals surface area contributed by atoms with Gasteiger partial charge in [-0.3, -0.25) is 24.4 Å². The average Bonchev–Trinajstić information content (AvgIpc) is 1.13. The van der Waals surface area contributed by atoms with Crippen LogP contribution in [0.4, 0.5) is 13.2 Å². The topological polar surface area (TPSA) is 125 Å². The number of ether oxygens (including phenoxy) is 3. The molecule has 2 aliphatic carbocycles. The van der Waals surface area contributed by atoms with Gasteiger partial charge in [0.1, 0.15) is 16.8 Å². The number of H-pyrrole nitrogens is 1. The summed E-state index contributed by atoms with van der Waals surface area (Å²) in [4.78, 5) is 37.2. The van der Waals surface area contributed by atoms with Crippen LogP contribution >= 0.6 is 17.5 Å². The van der Waals surface area contributed by atoms with Gasteiger partial charge in [-0.25, -0.2) is 0 Å². The second-order valence-electron chi connectivity index (χ2n) is 26.5. The fourth-order valence-electron chi connectivity index (χ4n) is 14.1. The zero-order valence-corrected chi connectivity index (χ0v) is 61.3. The van der Waals surface area contributed by atoms with Crippen molar-refractivity contribution in [3.8, 4) is 39.5 Å². The monoisotopic (exact) mass is 1420 g/mol. The van der Waals surface area contributed by atoms with Gasteiger partial charge in [0, 0.05) is 86.3 Å². The van der Waals surface area contributed by atoms with Gasteiger partial charge in [-0.1, -0.05) is 72.6 Å². The number of likely N-dealkylation sites (N-methyl/N-ethyl adjacent to an activating group) is 1. The number of hydrogen-bond donors (Lipinski definition) is 3. The summed E-state index contributed by atoms with van der Waals surface area (Å²) >= 11 is 2.22. The Morgan fingerprint density at radius 1 is 0.766 bits per heavy atom. The quantitative estimate of drug-likeness (QED) is 0.0389. The van der Waals surface area contributed by atoms with Gasteiger partial charge in [0.05, 0.1) is 62.4 Å². The van der Waals surface area contributed by atoms with Gasteiger partial charge in [0.2, 0.25) is 0 Å². The summed E-state index contributed by atoms with van der Waals surface area (Å²) in [5.41, 5.74) is 16.3. The first kappa shape index (κ1) is 75.8. The van der Waals surface area contributed by atoms with E-state index < -0.39 is 20.6 Å². The molecule has 10 rings (SSSR count). The number of rotatable bonds is 20. The SMILES string of the molecule is CNCCc1[c-]cccc1.COc1cc(C)[nH]c(=O)c1CNC(=O)c1cc2c(-c3ccc(C)nc3)ccn2c(C(C)N2CCN(CC(F)(F)F)CC2)c1C.COc1ccc(OC)c([PH+](C2CCCCC2)C2CCCCC2)c1-c1c(C(C)C)cc(C(C)C)cc1C(C)C.[Cl][Pd+]. The van der Waals surface area contributed by atoms with Gasteiger partial charge < -0.3 is 34.2 Å². The molecule has 3 aliphatic rings. The van der Waals surface area contributed by atoms with Gasteiger partial charge in [-0.15, -0.1) is 0 Å². The number of nitrogens with one attached hydrogen (secondary N) is 3. The van der Waals surface area contributed by atoms with Crippen molar-refractivity contribution in [1.29, 1.82) is 0 Å². The molecule has 18 heteroatoms. The number of piperazine rings is 1. The van der Waals surface area contributed by atoms with Gasteiger partial charge >= 0.3 is 33.9 Å². The number of halogens is 4. The summed E-state index contributed by atoms with van der Waals surface area (Å²) in [5.74, 6) is 3.56. The number of carbonyl (C=O) groups is 1. The summed E-state index contributed by atoms with van der Waals surface area (Å²) in [6, 6.07) is 29.9. The Morgan fingerprint density at radius 2 is 1.37 bits per heavy atom. The Hall–Kier alpha value is -5.56. The molecule has 5 heterocycles. The average molecular weight is 1420 g/mol. The summed E-state index contributed by atoms with van der Waals surface area (Å²) in [6.07, 6.45) is 14.5. The summed E-state index contributed by atoms with van der Waals surface area (Å²) in [5, 5.41) is 7.55. The van der Waals surface area contributed by atoms with Crippen LogP contribution in [-0.2, 0) is 31.1 Å². The standard InChI is InChI=1S/C35H53O2P.C32H37F3N6O3.C9H12N.ClH.Pd/c1-23(2)26-21-29(24(3)4)33(30(22-26)25(5)6)34-31(36-7)19-20-32(37-8)35(34)38(27-15-11-9-12-16-27)28-17-13-10-14-18-28;1-19-6-7-23(16-36-19)24-8-9-41-27(24)15-25(30(42)37-17-26-28(44-5)14-20(2)38-31(26)43)21(3)29(41)22(4)40-12-10-39(11-13-40)18-32(33,34)35;1-10-8-7-9-5-3-2-4-6-9;;/h19-25,27-28H,9-18H2,1-8H3;6-9,14-16,22H,10-13,17-18H2,1-5H3,(H,37,42)(H,38,43);2-5,10H,7-8H2,1H3;1H;/q;;-1;;+2. The molecule has 4 aromatic heterocycles. The summed E-state index contributed by atoms with van der Waals surface area (Å²) in [7, 11) is 10.8. The molecule has 2 saturated carbocycles. The van der Waals surface area contributed by atoms with E-state index in [0.29, 0.717) is 66.5 Å². The number of benzene rings is 3. The third-order valence-electron chi connectivity index (χ3n) is 19.1. The van der Waals surface area contributed by atoms with Crippen molar-refractivity contribution >= 4 is 34.2 Å². The van der Waals surface area contributed by atoms with Crippen LogP contribution in [0.2, 0.25) is 0 Å². The van der Waals surface area contributed by atoms with Crippen LogP contribution in [0.15, 0.2) is 96.1 Å². The minimum absolute atomic E-state index is 0.0377. The van der Waals surface area contributed by atoms with Crippen molar-refractivity contribution in [2.75, 3.05) is 67.6 Å². The third kappa shape index (κ3) is 19.4. The van der Waals surface area contributed by atoms with E-state index in [2.05, 4.69) is 136 Å². The van der Waals surface area contributed by atoms with Crippen LogP contribution in [0.25, 0.3) is 27.8 Å². The number of carbonyl (C=O) groups excluding carboxylic acids is 1. The number of aromatic nitrogens is 3. The number of methoxy groups -OCH3 is 3. The molecule has 3 aromatic carbocycles. The Balaban J connectivity index is 0.000000228. The Morgan fingerprint density at radius 3 is 1.89 bits per heavy atom. The maximum atomic E-state index is 13.8. The van der Waals surface area contributed by atoms with E-state index in [-0.39, 0.29) is 24.1 Å². The zero-order valence-electron chi connectivity index (χ0n) is 58.0. The van der Waals surface area contributed by atoms with Crippen LogP contribution < -0.4 is 35.7 Å². The van der Waals surface area contributed by atoms with E-state index in [1.165, 1.54) is 110 Å². The van der Waals surface area contributed by atoms with Crippen molar-refractivity contribution < 1.29 is 50.4 Å². The molecular weight excluding hydrogens is 1320 g/mol. The maximum absolute atomic E-state index is 13.8. The number of pyridine rings is 3. The molecule has 94 heavy (non-hydrogen) atoms. The van der Waals surface area contributed by atoms with Crippen molar-refractivity contribution in [3.63, 3.8) is 0 Å². The van der Waals surface area contributed by atoms with Crippen LogP contribution in [-0.4, -0.2) is 115 Å². The number of hydrogen-bond acceptors (Lipinski definition) is 9. The van der Waals surface area contributed by atoms with E-state index in [1.807, 2.05) is 90.7 Å². The first-order valence-corrected chi connectivity index (χ1v) is 37.4. The number of amides is 1. The molecule has 7 aromatic rings. The number of aryl methyl sites for hydroxylation is 2. The molecule has 1 atom stereocenters. The van der Waals surface area contributed by atoms with Gasteiger partial charge in [-0.2, -0.15) is 49.1 Å². The summed E-state index contributed by atoms with van der Waals surface area (Å²) < 4.78 is 59.0. The van der Waals surface area contributed by atoms with Crippen LogP contribution in [0.3, 0.4) is 0 Å². The second-order valence-corrected chi connectivity index (χ2v) is 29.5. The second kappa shape index (κ2) is 36.1. The molecule has 1 saturated heterocycles. The van der Waals surface area contributed by atoms with E-state index in [4.69, 9.17) is 14.2 Å². The number of aromatic amines is 1. The summed E-state index contributed by atoms with van der Waals surface area (Å²) in [6.45, 7) is 23.3. The van der Waals surface area contributed by atoms with E-state index in [1.54, 1.807) is 24.5 Å². The normalized spacial score (nSPS) is 15.5. The predicted molar refractivity (Wildman–Crippen MR) is 380 cm³/mol. The number of alkyl halides is 3. The number of nitrogens with zero attached hydrogens (tertiary/aromatic N) is 4. The van der Waals surface area contributed by atoms with Crippen molar-refractivity contribution in [2.45, 2.75) is 188 Å². The van der Waals surface area contributed by atoms with Crippen LogP contribution in [0.1, 0.15) is 197 Å². The van der Waals surface area contributed by atoms with Gasteiger partial charge in [0.15, 0.2) is 5.75 Å². The van der Waals surface area contributed by atoms with E-state index >= 15 is 0 Å². The molecule has 0 spiro atoms. The van der Waals surface area contributed by atoms with Gasteiger partial charge in [0.25, 0.3) is 11.5 Å². The van der Waals surface area contributed by atoms with Crippen molar-refractivity contribution in [1.82, 2.24) is 34.8 Å². The molecule has 3 N–H and O–H groups in total. The van der Waals surface area contributed by atoms with Gasteiger partial charge in [-0.05, 0) is 181 Å². The molecule has 1 unspecified atom stereocenters. The Kier molecular flexibility index (Phi) is 29.2. The van der Waals surface area contributed by atoms with Crippen molar-refractivity contribution in [3.05, 3.63) is 164 Å². The first-order chi connectivity index (χ1) is 45.1.